The molecule has 0 saturated carbocycles. The number of carbonyl (C=O) groups excluding carboxylic acids is 2. The molecule has 2 amide bonds. The summed E-state index contributed by atoms with van der Waals surface area (Å²) in [6, 6.07) is 10.4. The maximum Gasteiger partial charge on any atom is 0.241 e. The number of rotatable bonds is 7. The van der Waals surface area contributed by atoms with Crippen LogP contribution in [-0.4, -0.2) is 39.1 Å². The van der Waals surface area contributed by atoms with Crippen molar-refractivity contribution >= 4 is 33.6 Å². The van der Waals surface area contributed by atoms with Gasteiger partial charge in [-0.1, -0.05) is 17.7 Å². The molecule has 1 heterocycles. The predicted molar refractivity (Wildman–Crippen MR) is 112 cm³/mol. The lowest BCUT2D eigenvalue weighted by atomic mass is 10.0. The number of hydrogen-bond acceptors (Lipinski definition) is 5. The van der Waals surface area contributed by atoms with Crippen molar-refractivity contribution < 1.29 is 22.4 Å². The molecule has 3 N–H and O–H groups in total. The van der Waals surface area contributed by atoms with E-state index in [2.05, 4.69) is 15.4 Å². The van der Waals surface area contributed by atoms with Crippen molar-refractivity contribution in [2.75, 3.05) is 18.8 Å². The molecule has 0 aliphatic carbocycles. The van der Waals surface area contributed by atoms with Crippen molar-refractivity contribution in [2.24, 2.45) is 0 Å². The van der Waals surface area contributed by atoms with Crippen LogP contribution in [0, 0.1) is 12.7 Å². The summed E-state index contributed by atoms with van der Waals surface area (Å²) >= 11 is 1.60. The minimum Gasteiger partial charge on any atom is -0.348 e. The fraction of sp³-hybridized carbons (Fsp3) is 0.300. The molecule has 1 aliphatic heterocycles. The molecule has 0 spiro atoms. The Bertz CT molecular complexity index is 1040. The van der Waals surface area contributed by atoms with E-state index in [1.165, 1.54) is 24.3 Å². The molecule has 2 aromatic carbocycles. The highest BCUT2D eigenvalue weighted by Gasteiger charge is 2.23. The fourth-order valence-electron chi connectivity index (χ4n) is 2.96. The van der Waals surface area contributed by atoms with Gasteiger partial charge < -0.3 is 10.6 Å². The Morgan fingerprint density at radius 2 is 1.83 bits per heavy atom. The summed E-state index contributed by atoms with van der Waals surface area (Å²) < 4.78 is 40.1. The average Bonchev–Trinajstić information content (AvgIpc) is 2.71. The Morgan fingerprint density at radius 1 is 1.10 bits per heavy atom. The summed E-state index contributed by atoms with van der Waals surface area (Å²) in [5.41, 5.74) is 1.64. The SMILES string of the molecule is Cc1ccc(S(=O)(=O)NCC(=O)NCC(=O)NC2CCSc3ccc(F)cc32)cc1. The van der Waals surface area contributed by atoms with Gasteiger partial charge in [-0.05, 0) is 49.2 Å². The number of sulfonamides is 1. The molecular weight excluding hydrogens is 429 g/mol. The van der Waals surface area contributed by atoms with Crippen LogP contribution in [-0.2, 0) is 19.6 Å². The number of amides is 2. The van der Waals surface area contributed by atoms with E-state index in [0.29, 0.717) is 6.42 Å². The van der Waals surface area contributed by atoms with E-state index >= 15 is 0 Å². The number of fused-ring (bicyclic) bond motifs is 1. The zero-order valence-electron chi connectivity index (χ0n) is 16.3. The standard InChI is InChI=1S/C20H22FN3O4S2/c1-13-2-5-15(6-3-13)30(27,28)23-12-19(25)22-11-20(26)24-17-8-9-29-18-7-4-14(21)10-16(17)18/h2-7,10,17,23H,8-9,11-12H2,1H3,(H,22,25)(H,24,26). The van der Waals surface area contributed by atoms with Crippen molar-refractivity contribution in [3.63, 3.8) is 0 Å². The summed E-state index contributed by atoms with van der Waals surface area (Å²) in [7, 11) is -3.82. The predicted octanol–water partition coefficient (Wildman–Crippen LogP) is 1.88. The normalized spacial score (nSPS) is 15.9. The fourth-order valence-corrected chi connectivity index (χ4v) is 5.05. The minimum absolute atomic E-state index is 0.0553. The van der Waals surface area contributed by atoms with Crippen molar-refractivity contribution in [2.45, 2.75) is 29.2 Å². The highest BCUT2D eigenvalue weighted by molar-refractivity contribution is 7.99. The third-order valence-corrected chi connectivity index (χ3v) is 7.09. The van der Waals surface area contributed by atoms with Crippen LogP contribution in [0.2, 0.25) is 0 Å². The van der Waals surface area contributed by atoms with E-state index in [0.717, 1.165) is 21.8 Å². The quantitative estimate of drug-likeness (QED) is 0.596. The molecule has 10 heteroatoms. The highest BCUT2D eigenvalue weighted by atomic mass is 32.2. The number of halogens is 1. The van der Waals surface area contributed by atoms with Gasteiger partial charge in [0.1, 0.15) is 5.82 Å². The minimum atomic E-state index is -3.82. The maximum absolute atomic E-state index is 13.5. The third-order valence-electron chi connectivity index (χ3n) is 4.55. The zero-order chi connectivity index (χ0) is 21.7. The summed E-state index contributed by atoms with van der Waals surface area (Å²) in [4.78, 5) is 25.1. The number of benzene rings is 2. The van der Waals surface area contributed by atoms with E-state index in [-0.39, 0.29) is 23.3 Å². The Kier molecular flexibility index (Phi) is 7.11. The van der Waals surface area contributed by atoms with Crippen molar-refractivity contribution in [1.82, 2.24) is 15.4 Å². The molecular formula is C20H22FN3O4S2. The maximum atomic E-state index is 13.5. The van der Waals surface area contributed by atoms with Gasteiger partial charge in [-0.2, -0.15) is 0 Å². The summed E-state index contributed by atoms with van der Waals surface area (Å²) in [6.07, 6.45) is 0.650. The van der Waals surface area contributed by atoms with Gasteiger partial charge >= 0.3 is 0 Å². The summed E-state index contributed by atoms with van der Waals surface area (Å²) in [5.74, 6) is -0.649. The molecule has 30 heavy (non-hydrogen) atoms. The van der Waals surface area contributed by atoms with Crippen molar-refractivity contribution in [3.8, 4) is 0 Å². The monoisotopic (exact) mass is 451 g/mol. The lowest BCUT2D eigenvalue weighted by Gasteiger charge is -2.26. The Morgan fingerprint density at radius 3 is 2.57 bits per heavy atom. The second kappa shape index (κ2) is 9.59. The van der Waals surface area contributed by atoms with Crippen LogP contribution >= 0.6 is 11.8 Å². The Hall–Kier alpha value is -2.43. The van der Waals surface area contributed by atoms with Crippen LogP contribution in [0.25, 0.3) is 0 Å². The zero-order valence-corrected chi connectivity index (χ0v) is 17.9. The smallest absolute Gasteiger partial charge is 0.241 e. The molecule has 3 rings (SSSR count). The number of thioether (sulfide) groups is 1. The second-order valence-electron chi connectivity index (χ2n) is 6.85. The van der Waals surface area contributed by atoms with Crippen LogP contribution in [0.4, 0.5) is 4.39 Å². The van der Waals surface area contributed by atoms with Crippen LogP contribution in [0.3, 0.4) is 0 Å². The first-order valence-corrected chi connectivity index (χ1v) is 11.8. The summed E-state index contributed by atoms with van der Waals surface area (Å²) in [6.45, 7) is 1.04. The highest BCUT2D eigenvalue weighted by Crippen LogP contribution is 2.36. The van der Waals surface area contributed by atoms with E-state index in [4.69, 9.17) is 0 Å². The molecule has 0 saturated heterocycles. The van der Waals surface area contributed by atoms with E-state index in [1.54, 1.807) is 30.0 Å². The van der Waals surface area contributed by atoms with Gasteiger partial charge in [0.2, 0.25) is 21.8 Å². The molecule has 0 radical (unpaired) electrons. The van der Waals surface area contributed by atoms with Crippen molar-refractivity contribution in [1.29, 1.82) is 0 Å². The van der Waals surface area contributed by atoms with E-state index in [9.17, 15) is 22.4 Å². The number of aryl methyl sites for hydroxylation is 1. The Labute approximate surface area is 178 Å². The molecule has 160 valence electrons. The first kappa shape index (κ1) is 22.3. The molecule has 1 atom stereocenters. The molecule has 0 aromatic heterocycles. The third kappa shape index (κ3) is 5.80. The summed E-state index contributed by atoms with van der Waals surface area (Å²) in [5, 5.41) is 5.17. The van der Waals surface area contributed by atoms with Crippen LogP contribution in [0.1, 0.15) is 23.6 Å². The van der Waals surface area contributed by atoms with Gasteiger partial charge in [-0.15, -0.1) is 11.8 Å². The first-order chi connectivity index (χ1) is 14.2. The number of carbonyl (C=O) groups is 2. The molecule has 1 unspecified atom stereocenters. The van der Waals surface area contributed by atoms with Crippen LogP contribution < -0.4 is 15.4 Å². The lowest BCUT2D eigenvalue weighted by molar-refractivity contribution is -0.125. The topological polar surface area (TPSA) is 104 Å². The number of nitrogens with one attached hydrogen (secondary N) is 3. The van der Waals surface area contributed by atoms with Crippen LogP contribution in [0.15, 0.2) is 52.3 Å². The molecule has 0 fully saturated rings. The molecule has 2 aromatic rings. The van der Waals surface area contributed by atoms with Crippen molar-refractivity contribution in [3.05, 3.63) is 59.4 Å². The van der Waals surface area contributed by atoms with Gasteiger partial charge in [0, 0.05) is 10.6 Å². The molecule has 7 nitrogen and oxygen atoms in total. The van der Waals surface area contributed by atoms with E-state index < -0.39 is 28.4 Å². The lowest BCUT2D eigenvalue weighted by Crippen LogP contribution is -2.43. The van der Waals surface area contributed by atoms with Gasteiger partial charge in [-0.25, -0.2) is 17.5 Å². The van der Waals surface area contributed by atoms with Gasteiger partial charge in [0.25, 0.3) is 0 Å². The molecule has 0 bridgehead atoms. The first-order valence-electron chi connectivity index (χ1n) is 9.29. The van der Waals surface area contributed by atoms with Gasteiger partial charge in [0.05, 0.1) is 24.0 Å². The van der Waals surface area contributed by atoms with Gasteiger partial charge in [0.15, 0.2) is 0 Å². The second-order valence-corrected chi connectivity index (χ2v) is 9.76. The number of hydrogen-bond donors (Lipinski definition) is 3. The Balaban J connectivity index is 1.48. The van der Waals surface area contributed by atoms with E-state index in [1.807, 2.05) is 6.92 Å². The van der Waals surface area contributed by atoms with Crippen LogP contribution in [0.5, 0.6) is 0 Å². The average molecular weight is 452 g/mol. The largest absolute Gasteiger partial charge is 0.348 e. The molecule has 1 aliphatic rings. The van der Waals surface area contributed by atoms with Gasteiger partial charge in [-0.3, -0.25) is 9.59 Å².